The van der Waals surface area contributed by atoms with Crippen LogP contribution in [0.4, 0.5) is 0 Å². The van der Waals surface area contributed by atoms with Crippen LogP contribution in [0.15, 0.2) is 0 Å². The zero-order chi connectivity index (χ0) is 7.98. The fourth-order valence-electron chi connectivity index (χ4n) is 0.847. The zero-order valence-corrected chi connectivity index (χ0v) is 7.22. The second kappa shape index (κ2) is 5.69. The van der Waals surface area contributed by atoms with Crippen LogP contribution in [0.25, 0.3) is 0 Å². The molecule has 0 aliphatic carbocycles. The van der Waals surface area contributed by atoms with E-state index in [1.807, 2.05) is 0 Å². The minimum absolute atomic E-state index is 0.237. The molecule has 10 heavy (non-hydrogen) atoms. The SMILES string of the molecule is CC[C@@H](C)[C@H](C)NCCO. The second-order valence-corrected chi connectivity index (χ2v) is 2.85. The maximum atomic E-state index is 8.51. The molecular formula is C8H19NO. The molecule has 0 heterocycles. The van der Waals surface area contributed by atoms with Gasteiger partial charge in [-0.25, -0.2) is 0 Å². The summed E-state index contributed by atoms with van der Waals surface area (Å²) in [4.78, 5) is 0. The third kappa shape index (κ3) is 3.85. The molecule has 2 heteroatoms. The number of hydrogen-bond donors (Lipinski definition) is 2. The van der Waals surface area contributed by atoms with Crippen LogP contribution >= 0.6 is 0 Å². The van der Waals surface area contributed by atoms with Crippen LogP contribution in [-0.4, -0.2) is 24.3 Å². The maximum Gasteiger partial charge on any atom is 0.0556 e. The van der Waals surface area contributed by atoms with Crippen molar-refractivity contribution in [3.63, 3.8) is 0 Å². The molecule has 0 spiro atoms. The van der Waals surface area contributed by atoms with Gasteiger partial charge in [-0.3, -0.25) is 0 Å². The van der Waals surface area contributed by atoms with E-state index >= 15 is 0 Å². The topological polar surface area (TPSA) is 32.3 Å². The standard InChI is InChI=1S/C8H19NO/c1-4-7(2)8(3)9-5-6-10/h7-10H,4-6H2,1-3H3/t7-,8+/m1/s1. The highest BCUT2D eigenvalue weighted by atomic mass is 16.3. The Morgan fingerprint density at radius 2 is 2.00 bits per heavy atom. The van der Waals surface area contributed by atoms with Crippen molar-refractivity contribution in [1.29, 1.82) is 0 Å². The highest BCUT2D eigenvalue weighted by molar-refractivity contribution is 4.65. The molecule has 0 saturated carbocycles. The Hall–Kier alpha value is -0.0800. The molecule has 0 bridgehead atoms. The van der Waals surface area contributed by atoms with Gasteiger partial charge in [0.2, 0.25) is 0 Å². The molecule has 2 atom stereocenters. The fraction of sp³-hybridized carbons (Fsp3) is 1.00. The van der Waals surface area contributed by atoms with Crippen molar-refractivity contribution in [2.45, 2.75) is 33.2 Å². The number of aliphatic hydroxyl groups excluding tert-OH is 1. The van der Waals surface area contributed by atoms with Gasteiger partial charge in [0, 0.05) is 12.6 Å². The summed E-state index contributed by atoms with van der Waals surface area (Å²) >= 11 is 0. The quantitative estimate of drug-likeness (QED) is 0.605. The molecule has 0 unspecified atom stereocenters. The minimum Gasteiger partial charge on any atom is -0.395 e. The first-order valence-electron chi connectivity index (χ1n) is 4.06. The van der Waals surface area contributed by atoms with E-state index in [-0.39, 0.29) is 6.61 Å². The van der Waals surface area contributed by atoms with E-state index < -0.39 is 0 Å². The summed E-state index contributed by atoms with van der Waals surface area (Å²) in [6.07, 6.45) is 1.19. The average Bonchev–Trinajstić information content (AvgIpc) is 1.98. The summed E-state index contributed by atoms with van der Waals surface area (Å²) < 4.78 is 0. The lowest BCUT2D eigenvalue weighted by molar-refractivity contribution is 0.273. The van der Waals surface area contributed by atoms with E-state index in [0.717, 1.165) is 0 Å². The van der Waals surface area contributed by atoms with Gasteiger partial charge in [0.1, 0.15) is 0 Å². The van der Waals surface area contributed by atoms with E-state index in [0.29, 0.717) is 18.5 Å². The Labute approximate surface area is 63.6 Å². The van der Waals surface area contributed by atoms with Gasteiger partial charge in [-0.05, 0) is 12.8 Å². The van der Waals surface area contributed by atoms with Crippen LogP contribution in [0.3, 0.4) is 0 Å². The van der Waals surface area contributed by atoms with Crippen LogP contribution in [0.1, 0.15) is 27.2 Å². The molecule has 0 aromatic heterocycles. The van der Waals surface area contributed by atoms with E-state index in [9.17, 15) is 0 Å². The third-order valence-corrected chi connectivity index (χ3v) is 2.08. The molecule has 0 saturated heterocycles. The number of nitrogens with one attached hydrogen (secondary N) is 1. The van der Waals surface area contributed by atoms with Gasteiger partial charge in [-0.1, -0.05) is 20.3 Å². The van der Waals surface area contributed by atoms with Crippen molar-refractivity contribution in [2.75, 3.05) is 13.2 Å². The van der Waals surface area contributed by atoms with Crippen molar-refractivity contribution >= 4 is 0 Å². The van der Waals surface area contributed by atoms with Crippen LogP contribution < -0.4 is 5.32 Å². The van der Waals surface area contributed by atoms with Gasteiger partial charge in [-0.2, -0.15) is 0 Å². The fourth-order valence-corrected chi connectivity index (χ4v) is 0.847. The first-order valence-corrected chi connectivity index (χ1v) is 4.06. The van der Waals surface area contributed by atoms with Crippen molar-refractivity contribution in [3.05, 3.63) is 0 Å². The van der Waals surface area contributed by atoms with Crippen LogP contribution in [0, 0.1) is 5.92 Å². The Balaban J connectivity index is 3.31. The molecule has 0 radical (unpaired) electrons. The average molecular weight is 145 g/mol. The highest BCUT2D eigenvalue weighted by Crippen LogP contribution is 2.05. The lowest BCUT2D eigenvalue weighted by Gasteiger charge is -2.18. The summed E-state index contributed by atoms with van der Waals surface area (Å²) in [6, 6.07) is 0.525. The van der Waals surface area contributed by atoms with Gasteiger partial charge in [0.05, 0.1) is 6.61 Å². The minimum atomic E-state index is 0.237. The van der Waals surface area contributed by atoms with Crippen LogP contribution in [0.2, 0.25) is 0 Å². The Morgan fingerprint density at radius 3 is 2.40 bits per heavy atom. The lowest BCUT2D eigenvalue weighted by Crippen LogP contribution is -2.33. The molecule has 0 amide bonds. The summed E-state index contributed by atoms with van der Waals surface area (Å²) in [6.45, 7) is 7.51. The molecule has 0 aliphatic rings. The van der Waals surface area contributed by atoms with Gasteiger partial charge in [-0.15, -0.1) is 0 Å². The van der Waals surface area contributed by atoms with Gasteiger partial charge in [0.15, 0.2) is 0 Å². The summed E-state index contributed by atoms with van der Waals surface area (Å²) in [7, 11) is 0. The maximum absolute atomic E-state index is 8.51. The van der Waals surface area contributed by atoms with E-state index in [4.69, 9.17) is 5.11 Å². The van der Waals surface area contributed by atoms with Crippen LogP contribution in [-0.2, 0) is 0 Å². The molecule has 0 aliphatic heterocycles. The molecule has 0 aromatic rings. The monoisotopic (exact) mass is 145 g/mol. The summed E-state index contributed by atoms with van der Waals surface area (Å²) in [5.41, 5.74) is 0. The lowest BCUT2D eigenvalue weighted by atomic mass is 10.0. The van der Waals surface area contributed by atoms with Gasteiger partial charge in [0.25, 0.3) is 0 Å². The molecule has 62 valence electrons. The Bertz CT molecular complexity index is 75.7. The first-order chi connectivity index (χ1) is 4.72. The first kappa shape index (κ1) is 9.92. The number of rotatable bonds is 5. The second-order valence-electron chi connectivity index (χ2n) is 2.85. The highest BCUT2D eigenvalue weighted by Gasteiger charge is 2.07. The van der Waals surface area contributed by atoms with E-state index in [1.54, 1.807) is 0 Å². The van der Waals surface area contributed by atoms with Crippen LogP contribution in [0.5, 0.6) is 0 Å². The van der Waals surface area contributed by atoms with Crippen molar-refractivity contribution in [1.82, 2.24) is 5.32 Å². The van der Waals surface area contributed by atoms with Gasteiger partial charge >= 0.3 is 0 Å². The number of aliphatic hydroxyl groups is 1. The molecule has 0 rings (SSSR count). The van der Waals surface area contributed by atoms with E-state index in [1.165, 1.54) is 6.42 Å². The molecule has 0 fully saturated rings. The van der Waals surface area contributed by atoms with Gasteiger partial charge < -0.3 is 10.4 Å². The van der Waals surface area contributed by atoms with Crippen molar-refractivity contribution in [3.8, 4) is 0 Å². The van der Waals surface area contributed by atoms with Crippen molar-refractivity contribution in [2.24, 2.45) is 5.92 Å². The predicted octanol–water partition coefficient (Wildman–Crippen LogP) is 1.00. The zero-order valence-electron chi connectivity index (χ0n) is 7.22. The normalized spacial score (nSPS) is 16.8. The molecular weight excluding hydrogens is 126 g/mol. The predicted molar refractivity (Wildman–Crippen MR) is 44.0 cm³/mol. The molecule has 0 aromatic carbocycles. The van der Waals surface area contributed by atoms with Crippen molar-refractivity contribution < 1.29 is 5.11 Å². The Morgan fingerprint density at radius 1 is 1.40 bits per heavy atom. The third-order valence-electron chi connectivity index (χ3n) is 2.08. The smallest absolute Gasteiger partial charge is 0.0556 e. The molecule has 2 N–H and O–H groups in total. The molecule has 2 nitrogen and oxygen atoms in total. The number of hydrogen-bond acceptors (Lipinski definition) is 2. The summed E-state index contributed by atoms with van der Waals surface area (Å²) in [5.74, 6) is 0.701. The largest absolute Gasteiger partial charge is 0.395 e. The Kier molecular flexibility index (Phi) is 5.64. The van der Waals surface area contributed by atoms with E-state index in [2.05, 4.69) is 26.1 Å². The summed E-state index contributed by atoms with van der Waals surface area (Å²) in [5, 5.41) is 11.7.